The van der Waals surface area contributed by atoms with Gasteiger partial charge in [0.1, 0.15) is 5.75 Å². The smallest absolute Gasteiger partial charge is 0.228 e. The largest absolute Gasteiger partial charge is 0.492 e. The highest BCUT2D eigenvalue weighted by Crippen LogP contribution is 2.27. The summed E-state index contributed by atoms with van der Waals surface area (Å²) in [5.74, 6) is 0.786. The molecule has 0 radical (unpaired) electrons. The molecule has 2 N–H and O–H groups in total. The van der Waals surface area contributed by atoms with Gasteiger partial charge in [0.25, 0.3) is 0 Å². The maximum Gasteiger partial charge on any atom is 0.228 e. The molecule has 3 aromatic carbocycles. The van der Waals surface area contributed by atoms with E-state index in [2.05, 4.69) is 10.6 Å². The molecule has 0 atom stereocenters. The quantitative estimate of drug-likeness (QED) is 0.632. The Labute approximate surface area is 153 Å². The van der Waals surface area contributed by atoms with Gasteiger partial charge in [-0.3, -0.25) is 4.79 Å². The number of ether oxygens (including phenoxy) is 1. The lowest BCUT2D eigenvalue weighted by Crippen LogP contribution is -2.14. The standard InChI is InChI=1S/C22H22N2O2/c1-2-26-21-11-7-6-10-20(21)23-18-12-14-19(15-13-18)24-22(25)16-17-8-4-3-5-9-17/h3-15,23H,2,16H2,1H3,(H,24,25). The summed E-state index contributed by atoms with van der Waals surface area (Å²) >= 11 is 0. The van der Waals surface area contributed by atoms with Crippen molar-refractivity contribution < 1.29 is 9.53 Å². The number of hydrogen-bond donors (Lipinski definition) is 2. The fourth-order valence-corrected chi connectivity index (χ4v) is 2.63. The van der Waals surface area contributed by atoms with Crippen molar-refractivity contribution in [1.29, 1.82) is 0 Å². The summed E-state index contributed by atoms with van der Waals surface area (Å²) in [5.41, 5.74) is 3.61. The maximum atomic E-state index is 12.1. The highest BCUT2D eigenvalue weighted by Gasteiger charge is 2.05. The van der Waals surface area contributed by atoms with E-state index < -0.39 is 0 Å². The third kappa shape index (κ3) is 4.86. The highest BCUT2D eigenvalue weighted by atomic mass is 16.5. The van der Waals surface area contributed by atoms with Crippen molar-refractivity contribution in [3.63, 3.8) is 0 Å². The molecule has 132 valence electrons. The Morgan fingerprint density at radius 2 is 1.50 bits per heavy atom. The minimum atomic E-state index is -0.0291. The fraction of sp³-hybridized carbons (Fsp3) is 0.136. The predicted octanol–water partition coefficient (Wildman–Crippen LogP) is 5.01. The van der Waals surface area contributed by atoms with E-state index >= 15 is 0 Å². The first-order valence-corrected chi connectivity index (χ1v) is 8.67. The van der Waals surface area contributed by atoms with Crippen molar-refractivity contribution in [1.82, 2.24) is 0 Å². The average Bonchev–Trinajstić information content (AvgIpc) is 2.66. The minimum Gasteiger partial charge on any atom is -0.492 e. The predicted molar refractivity (Wildman–Crippen MR) is 106 cm³/mol. The van der Waals surface area contributed by atoms with Gasteiger partial charge in [-0.2, -0.15) is 0 Å². The normalized spacial score (nSPS) is 10.2. The van der Waals surface area contributed by atoms with Gasteiger partial charge in [-0.15, -0.1) is 0 Å². The molecule has 4 heteroatoms. The molecule has 0 fully saturated rings. The van der Waals surface area contributed by atoms with E-state index in [0.29, 0.717) is 13.0 Å². The summed E-state index contributed by atoms with van der Waals surface area (Å²) in [6.07, 6.45) is 0.364. The molecule has 0 aliphatic rings. The topological polar surface area (TPSA) is 50.4 Å². The molecule has 0 saturated heterocycles. The molecule has 4 nitrogen and oxygen atoms in total. The van der Waals surface area contributed by atoms with E-state index in [4.69, 9.17) is 4.74 Å². The van der Waals surface area contributed by atoms with Gasteiger partial charge in [0.2, 0.25) is 5.91 Å². The second kappa shape index (κ2) is 8.72. The molecule has 0 saturated carbocycles. The van der Waals surface area contributed by atoms with Gasteiger partial charge in [-0.1, -0.05) is 42.5 Å². The maximum absolute atomic E-state index is 12.1. The van der Waals surface area contributed by atoms with Crippen molar-refractivity contribution >= 4 is 23.0 Å². The summed E-state index contributed by atoms with van der Waals surface area (Å²) in [4.78, 5) is 12.1. The lowest BCUT2D eigenvalue weighted by molar-refractivity contribution is -0.115. The van der Waals surface area contributed by atoms with Gasteiger partial charge in [0, 0.05) is 11.4 Å². The molecule has 0 heterocycles. The van der Waals surface area contributed by atoms with E-state index in [9.17, 15) is 4.79 Å². The van der Waals surface area contributed by atoms with Crippen LogP contribution in [0.15, 0.2) is 78.9 Å². The number of para-hydroxylation sites is 2. The molecule has 3 aromatic rings. The van der Waals surface area contributed by atoms with E-state index in [1.165, 1.54) is 0 Å². The van der Waals surface area contributed by atoms with Gasteiger partial charge in [0.15, 0.2) is 0 Å². The molecule has 0 spiro atoms. The number of anilines is 3. The van der Waals surface area contributed by atoms with Crippen molar-refractivity contribution in [3.05, 3.63) is 84.4 Å². The zero-order valence-electron chi connectivity index (χ0n) is 14.7. The number of hydrogen-bond acceptors (Lipinski definition) is 3. The first kappa shape index (κ1) is 17.5. The van der Waals surface area contributed by atoms with Crippen LogP contribution in [0.5, 0.6) is 5.75 Å². The van der Waals surface area contributed by atoms with Crippen molar-refractivity contribution in [2.75, 3.05) is 17.2 Å². The molecular weight excluding hydrogens is 324 g/mol. The minimum absolute atomic E-state index is 0.0291. The molecule has 1 amide bonds. The Morgan fingerprint density at radius 1 is 0.846 bits per heavy atom. The molecule has 0 aliphatic heterocycles. The number of rotatable bonds is 7. The van der Waals surface area contributed by atoms with Crippen LogP contribution in [-0.4, -0.2) is 12.5 Å². The third-order valence-corrected chi connectivity index (χ3v) is 3.84. The first-order chi connectivity index (χ1) is 12.7. The molecule has 0 aromatic heterocycles. The van der Waals surface area contributed by atoms with Crippen molar-refractivity contribution in [2.45, 2.75) is 13.3 Å². The second-order valence-electron chi connectivity index (χ2n) is 5.84. The van der Waals surface area contributed by atoms with E-state index in [1.807, 2.05) is 85.8 Å². The molecule has 26 heavy (non-hydrogen) atoms. The molecule has 0 unspecified atom stereocenters. The number of nitrogens with one attached hydrogen (secondary N) is 2. The van der Waals surface area contributed by atoms with Crippen LogP contribution in [0.3, 0.4) is 0 Å². The summed E-state index contributed by atoms with van der Waals surface area (Å²) in [6.45, 7) is 2.58. The number of amides is 1. The van der Waals surface area contributed by atoms with E-state index in [1.54, 1.807) is 0 Å². The number of carbonyl (C=O) groups is 1. The summed E-state index contributed by atoms with van der Waals surface area (Å²) in [6, 6.07) is 25.1. The highest BCUT2D eigenvalue weighted by molar-refractivity contribution is 5.92. The Morgan fingerprint density at radius 3 is 2.23 bits per heavy atom. The molecular formula is C22H22N2O2. The van der Waals surface area contributed by atoms with E-state index in [-0.39, 0.29) is 5.91 Å². The monoisotopic (exact) mass is 346 g/mol. The van der Waals surface area contributed by atoms with Crippen LogP contribution in [0.4, 0.5) is 17.1 Å². The van der Waals surface area contributed by atoms with Gasteiger partial charge in [0.05, 0.1) is 18.7 Å². The van der Waals surface area contributed by atoms with Gasteiger partial charge in [-0.05, 0) is 48.9 Å². The van der Waals surface area contributed by atoms with Gasteiger partial charge in [-0.25, -0.2) is 0 Å². The molecule has 0 bridgehead atoms. The van der Waals surface area contributed by atoms with Crippen LogP contribution in [0.25, 0.3) is 0 Å². The Balaban J connectivity index is 1.61. The summed E-state index contributed by atoms with van der Waals surface area (Å²) < 4.78 is 5.62. The Kier molecular flexibility index (Phi) is 5.88. The SMILES string of the molecule is CCOc1ccccc1Nc1ccc(NC(=O)Cc2ccccc2)cc1. The Bertz CT molecular complexity index is 846. The zero-order chi connectivity index (χ0) is 18.2. The van der Waals surface area contributed by atoms with Crippen molar-refractivity contribution in [3.8, 4) is 5.75 Å². The lowest BCUT2D eigenvalue weighted by atomic mass is 10.1. The van der Waals surface area contributed by atoms with Crippen LogP contribution >= 0.6 is 0 Å². The van der Waals surface area contributed by atoms with Crippen LogP contribution in [0, 0.1) is 0 Å². The van der Waals surface area contributed by atoms with Crippen LogP contribution in [0.1, 0.15) is 12.5 Å². The number of benzene rings is 3. The zero-order valence-corrected chi connectivity index (χ0v) is 14.7. The molecule has 3 rings (SSSR count). The average molecular weight is 346 g/mol. The van der Waals surface area contributed by atoms with Crippen LogP contribution in [0.2, 0.25) is 0 Å². The lowest BCUT2D eigenvalue weighted by Gasteiger charge is -2.13. The Hall–Kier alpha value is -3.27. The fourth-order valence-electron chi connectivity index (χ4n) is 2.63. The van der Waals surface area contributed by atoms with Crippen LogP contribution < -0.4 is 15.4 Å². The second-order valence-corrected chi connectivity index (χ2v) is 5.84. The third-order valence-electron chi connectivity index (χ3n) is 3.84. The summed E-state index contributed by atoms with van der Waals surface area (Å²) in [7, 11) is 0. The van der Waals surface area contributed by atoms with Gasteiger partial charge >= 0.3 is 0 Å². The molecule has 0 aliphatic carbocycles. The van der Waals surface area contributed by atoms with Crippen molar-refractivity contribution in [2.24, 2.45) is 0 Å². The van der Waals surface area contributed by atoms with E-state index in [0.717, 1.165) is 28.4 Å². The van der Waals surface area contributed by atoms with Crippen LogP contribution in [-0.2, 0) is 11.2 Å². The number of carbonyl (C=O) groups excluding carboxylic acids is 1. The van der Waals surface area contributed by atoms with Gasteiger partial charge < -0.3 is 15.4 Å². The first-order valence-electron chi connectivity index (χ1n) is 8.67. The summed E-state index contributed by atoms with van der Waals surface area (Å²) in [5, 5.41) is 6.26.